The van der Waals surface area contributed by atoms with Crippen LogP contribution in [0.2, 0.25) is 0 Å². The number of sulfonamides is 1. The number of anilines is 1. The van der Waals surface area contributed by atoms with Crippen molar-refractivity contribution < 1.29 is 22.0 Å². The smallest absolute Gasteiger partial charge is 0.255 e. The van der Waals surface area contributed by atoms with Crippen molar-refractivity contribution in [2.24, 2.45) is 0 Å². The average molecular weight is 641 g/mol. The van der Waals surface area contributed by atoms with Gasteiger partial charge in [0.25, 0.3) is 5.91 Å². The van der Waals surface area contributed by atoms with Crippen molar-refractivity contribution in [3.05, 3.63) is 63.9 Å². The zero-order valence-corrected chi connectivity index (χ0v) is 26.7. The number of amides is 1. The van der Waals surface area contributed by atoms with Gasteiger partial charge < -0.3 is 14.3 Å². The molecule has 10 nitrogen and oxygen atoms in total. The maximum absolute atomic E-state index is 15.1. The first kappa shape index (κ1) is 28.7. The third kappa shape index (κ3) is 4.33. The van der Waals surface area contributed by atoms with Gasteiger partial charge in [0.15, 0.2) is 5.76 Å². The molecular weight excluding hydrogens is 607 g/mol. The van der Waals surface area contributed by atoms with Crippen LogP contribution in [-0.4, -0.2) is 54.0 Å². The molecule has 2 aliphatic heterocycles. The lowest BCUT2D eigenvalue weighted by Crippen LogP contribution is -2.31. The van der Waals surface area contributed by atoms with Crippen LogP contribution in [0.1, 0.15) is 47.3 Å². The van der Waals surface area contributed by atoms with Crippen LogP contribution < -0.4 is 20.2 Å². The van der Waals surface area contributed by atoms with Crippen molar-refractivity contribution >= 4 is 44.5 Å². The van der Waals surface area contributed by atoms with Gasteiger partial charge in [-0.3, -0.25) is 13.8 Å². The molecule has 46 heavy (non-hydrogen) atoms. The number of nitrogens with zero attached hydrogens (tertiary/aromatic N) is 5. The predicted octanol–water partition coefficient (Wildman–Crippen LogP) is 4.13. The van der Waals surface area contributed by atoms with Crippen LogP contribution in [0.3, 0.4) is 0 Å². The summed E-state index contributed by atoms with van der Waals surface area (Å²) < 4.78 is 52.6. The van der Waals surface area contributed by atoms with Crippen LogP contribution in [0.5, 0.6) is 0 Å². The highest BCUT2D eigenvalue weighted by Gasteiger charge is 2.30. The second-order valence-electron chi connectivity index (χ2n) is 12.2. The van der Waals surface area contributed by atoms with E-state index >= 15 is 4.39 Å². The number of hydrogen-bond donors (Lipinski definition) is 1. The van der Waals surface area contributed by atoms with Gasteiger partial charge in [-0.1, -0.05) is 12.1 Å². The second kappa shape index (κ2) is 10.4. The first-order chi connectivity index (χ1) is 22.1. The van der Waals surface area contributed by atoms with Gasteiger partial charge >= 0.3 is 0 Å². The fraction of sp³-hybridized carbons (Fsp3) is 0.324. The fourth-order valence-electron chi connectivity index (χ4n) is 7.13. The maximum atomic E-state index is 15.1. The minimum absolute atomic E-state index is 0.104. The number of hydrogen-bond acceptors (Lipinski definition) is 6. The topological polar surface area (TPSA) is 115 Å². The Bertz CT molecular complexity index is 2350. The molecule has 0 unspecified atom stereocenters. The van der Waals surface area contributed by atoms with Gasteiger partial charge in [-0.05, 0) is 55.9 Å². The number of carbonyl (C=O) groups is 1. The van der Waals surface area contributed by atoms with E-state index in [2.05, 4.69) is 21.1 Å². The van der Waals surface area contributed by atoms with Crippen LogP contribution in [0.4, 0.5) is 10.1 Å². The molecule has 3 aliphatic rings. The molecule has 1 aromatic carbocycles. The van der Waals surface area contributed by atoms with Gasteiger partial charge in [-0.15, -0.1) is 0 Å². The molecule has 0 spiro atoms. The van der Waals surface area contributed by atoms with Gasteiger partial charge in [0.1, 0.15) is 11.4 Å². The molecule has 8 rings (SSSR count). The summed E-state index contributed by atoms with van der Waals surface area (Å²) in [6.07, 6.45) is 9.50. The van der Waals surface area contributed by atoms with Gasteiger partial charge in [-0.25, -0.2) is 17.8 Å². The summed E-state index contributed by atoms with van der Waals surface area (Å²) in [7, 11) is -0.631. The number of nitrogens with one attached hydrogen (secondary N) is 1. The second-order valence-corrected chi connectivity index (χ2v) is 14.3. The quantitative estimate of drug-likeness (QED) is 0.309. The van der Waals surface area contributed by atoms with Gasteiger partial charge in [0.05, 0.1) is 46.3 Å². The summed E-state index contributed by atoms with van der Waals surface area (Å²) in [4.78, 5) is 18.6. The number of pyridine rings is 1. The zero-order chi connectivity index (χ0) is 31.9. The molecule has 0 atom stereocenters. The van der Waals surface area contributed by atoms with E-state index in [-0.39, 0.29) is 11.7 Å². The van der Waals surface area contributed by atoms with Gasteiger partial charge in [0, 0.05) is 66.9 Å². The minimum Gasteiger partial charge on any atom is -0.455 e. The molecular formula is C34H33FN6O4S. The summed E-state index contributed by atoms with van der Waals surface area (Å²) in [6, 6.07) is 9.24. The van der Waals surface area contributed by atoms with E-state index in [9.17, 15) is 13.2 Å². The van der Waals surface area contributed by atoms with Crippen molar-refractivity contribution in [2.45, 2.75) is 51.6 Å². The van der Waals surface area contributed by atoms with E-state index in [0.29, 0.717) is 50.9 Å². The van der Waals surface area contributed by atoms with Crippen LogP contribution >= 0.6 is 0 Å². The van der Waals surface area contributed by atoms with Crippen LogP contribution in [0, 0.1) is 0 Å². The van der Waals surface area contributed by atoms with E-state index in [1.807, 2.05) is 22.9 Å². The Morgan fingerprint density at radius 2 is 1.93 bits per heavy atom. The molecule has 12 heteroatoms. The summed E-state index contributed by atoms with van der Waals surface area (Å²) in [6.45, 7) is 1.53. The number of rotatable bonds is 5. The standard InChI is InChI=1S/C34H33FN6O4S/c1-36-34(42)31-22-15-21(25-11-10-19-12-14-40-26-8-5-4-7-24(35)20(26)16-29(40)32(19)38-25)28(39(2)46(3,43)44)17-30(22)45-33(31)23-18-37-41-13-6-9-27(23)41/h8,10-11,15-18H,4-7,9,12-14H2,1-3H3,(H,36,42). The van der Waals surface area contributed by atoms with E-state index in [4.69, 9.17) is 9.40 Å². The highest BCUT2D eigenvalue weighted by molar-refractivity contribution is 7.92. The normalized spacial score (nSPS) is 15.5. The number of halogens is 1. The fourth-order valence-corrected chi connectivity index (χ4v) is 7.64. The summed E-state index contributed by atoms with van der Waals surface area (Å²) in [5.74, 6) is -0.0311. The lowest BCUT2D eigenvalue weighted by molar-refractivity contribution is 0.0964. The molecule has 1 N–H and O–H groups in total. The Morgan fingerprint density at radius 1 is 1.09 bits per heavy atom. The maximum Gasteiger partial charge on any atom is 0.255 e. The van der Waals surface area contributed by atoms with Crippen LogP contribution in [0.15, 0.2) is 40.9 Å². The number of aryl methyl sites for hydroxylation is 2. The molecule has 6 heterocycles. The summed E-state index contributed by atoms with van der Waals surface area (Å²) in [5, 5.41) is 9.31. The molecule has 0 saturated heterocycles. The van der Waals surface area contributed by atoms with Gasteiger partial charge in [0.2, 0.25) is 10.0 Å². The number of carbonyl (C=O) groups excluding carboxylic acids is 1. The van der Waals surface area contributed by atoms with Crippen molar-refractivity contribution in [2.75, 3.05) is 24.7 Å². The molecule has 1 amide bonds. The van der Waals surface area contributed by atoms with Crippen molar-refractivity contribution in [1.29, 1.82) is 0 Å². The molecule has 0 fully saturated rings. The van der Waals surface area contributed by atoms with Crippen LogP contribution in [-0.2, 0) is 36.0 Å². The van der Waals surface area contributed by atoms with E-state index in [1.54, 1.807) is 25.4 Å². The highest BCUT2D eigenvalue weighted by Crippen LogP contribution is 2.43. The van der Waals surface area contributed by atoms with Crippen LogP contribution in [0.25, 0.3) is 56.8 Å². The Morgan fingerprint density at radius 3 is 2.74 bits per heavy atom. The Kier molecular flexibility index (Phi) is 6.51. The molecule has 4 aromatic heterocycles. The SMILES string of the molecule is CNC(=O)c1c(-c2cnn3c2CCC3)oc2cc(N(C)S(C)(=O)=O)c(-c3ccc4c(n3)-c3cc5c(n3CC4)=CCCCC=5F)cc12. The van der Waals surface area contributed by atoms with Crippen molar-refractivity contribution in [1.82, 2.24) is 24.6 Å². The number of fused-ring (bicyclic) bond motifs is 7. The monoisotopic (exact) mass is 640 g/mol. The molecule has 236 valence electrons. The summed E-state index contributed by atoms with van der Waals surface area (Å²) >= 11 is 0. The Hall–Kier alpha value is -4.71. The largest absolute Gasteiger partial charge is 0.455 e. The van der Waals surface area contributed by atoms with Crippen molar-refractivity contribution in [3.8, 4) is 34.0 Å². The molecule has 0 bridgehead atoms. The average Bonchev–Trinajstić information content (AvgIpc) is 3.81. The van der Waals surface area contributed by atoms with E-state index in [1.165, 1.54) is 11.4 Å². The zero-order valence-electron chi connectivity index (χ0n) is 25.9. The summed E-state index contributed by atoms with van der Waals surface area (Å²) in [5.41, 5.74) is 6.51. The molecule has 0 saturated carbocycles. The third-order valence-corrected chi connectivity index (χ3v) is 10.7. The molecule has 5 aromatic rings. The first-order valence-corrected chi connectivity index (χ1v) is 17.4. The number of aromatic nitrogens is 4. The number of furan rings is 1. The molecule has 0 radical (unpaired) electrons. The Balaban J connectivity index is 1.38. The van der Waals surface area contributed by atoms with Gasteiger partial charge in [-0.2, -0.15) is 5.10 Å². The first-order valence-electron chi connectivity index (χ1n) is 15.5. The predicted molar refractivity (Wildman–Crippen MR) is 175 cm³/mol. The van der Waals surface area contributed by atoms with Crippen molar-refractivity contribution in [3.63, 3.8) is 0 Å². The minimum atomic E-state index is -3.69. The Labute approximate surface area is 264 Å². The lowest BCUT2D eigenvalue weighted by atomic mass is 9.98. The lowest BCUT2D eigenvalue weighted by Gasteiger charge is -2.22. The van der Waals surface area contributed by atoms with E-state index < -0.39 is 10.0 Å². The third-order valence-electron chi connectivity index (χ3n) is 9.55. The molecule has 1 aliphatic carbocycles. The highest BCUT2D eigenvalue weighted by atomic mass is 32.2. The number of benzene rings is 1. The van der Waals surface area contributed by atoms with E-state index in [0.717, 1.165) is 85.0 Å².